The predicted octanol–water partition coefficient (Wildman–Crippen LogP) is 0.853. The molecule has 0 aromatic rings. The molecule has 0 saturated heterocycles. The summed E-state index contributed by atoms with van der Waals surface area (Å²) in [5.74, 6) is 0.452. The minimum absolute atomic E-state index is 0.147. The molecule has 6 heteroatoms. The zero-order chi connectivity index (χ0) is 9.90. The van der Waals surface area contributed by atoms with Crippen molar-refractivity contribution >= 4 is 0 Å². The molecule has 1 aliphatic rings. The van der Waals surface area contributed by atoms with E-state index in [1.54, 1.807) is 0 Å². The Bertz CT molecular complexity index is 245. The summed E-state index contributed by atoms with van der Waals surface area (Å²) in [6, 6.07) is 0. The van der Waals surface area contributed by atoms with Gasteiger partial charge < -0.3 is 15.8 Å². The molecule has 0 unspecified atom stereocenters. The van der Waals surface area contributed by atoms with Gasteiger partial charge in [0.15, 0.2) is 6.61 Å². The molecule has 1 heterocycles. The van der Waals surface area contributed by atoms with E-state index in [0.717, 1.165) is 0 Å². The van der Waals surface area contributed by atoms with Crippen molar-refractivity contribution in [3.8, 4) is 0 Å². The van der Waals surface area contributed by atoms with Crippen LogP contribution in [0.4, 0.5) is 13.2 Å². The van der Waals surface area contributed by atoms with E-state index < -0.39 is 12.8 Å². The maximum atomic E-state index is 11.7. The molecule has 74 valence electrons. The van der Waals surface area contributed by atoms with Gasteiger partial charge in [0.05, 0.1) is 5.82 Å². The second kappa shape index (κ2) is 3.59. The molecule has 3 nitrogen and oxygen atoms in total. The number of halogens is 3. The average Bonchev–Trinajstić information content (AvgIpc) is 2.00. The molecule has 0 fully saturated rings. The first-order valence-corrected chi connectivity index (χ1v) is 3.58. The molecule has 0 spiro atoms. The van der Waals surface area contributed by atoms with E-state index in [-0.39, 0.29) is 5.76 Å². The number of nitrogens with two attached hydrogens (primary N) is 1. The van der Waals surface area contributed by atoms with Gasteiger partial charge in [0, 0.05) is 12.6 Å². The van der Waals surface area contributed by atoms with Gasteiger partial charge in [0.25, 0.3) is 0 Å². The Balaban J connectivity index is 2.42. The summed E-state index contributed by atoms with van der Waals surface area (Å²) in [6.45, 7) is -0.905. The summed E-state index contributed by atoms with van der Waals surface area (Å²) in [5, 5.41) is 2.71. The zero-order valence-electron chi connectivity index (χ0n) is 6.69. The third-order valence-electron chi connectivity index (χ3n) is 1.31. The maximum Gasteiger partial charge on any atom is 0.422 e. The molecular formula is C7H9F3N2O. The Morgan fingerprint density at radius 2 is 2.23 bits per heavy atom. The van der Waals surface area contributed by atoms with Gasteiger partial charge in [-0.05, 0) is 6.08 Å². The fourth-order valence-electron chi connectivity index (χ4n) is 0.798. The first-order valence-electron chi connectivity index (χ1n) is 3.58. The van der Waals surface area contributed by atoms with Crippen molar-refractivity contribution < 1.29 is 17.9 Å². The van der Waals surface area contributed by atoms with Crippen LogP contribution < -0.4 is 11.1 Å². The van der Waals surface area contributed by atoms with Crippen molar-refractivity contribution in [1.82, 2.24) is 5.32 Å². The maximum absolute atomic E-state index is 11.7. The van der Waals surface area contributed by atoms with Gasteiger partial charge in [-0.15, -0.1) is 0 Å². The van der Waals surface area contributed by atoms with Gasteiger partial charge in [-0.1, -0.05) is 0 Å². The quantitative estimate of drug-likeness (QED) is 0.685. The van der Waals surface area contributed by atoms with Crippen LogP contribution in [-0.4, -0.2) is 19.3 Å². The predicted molar refractivity (Wildman–Crippen MR) is 40.4 cm³/mol. The number of dihydropyridines is 1. The number of alkyl halides is 3. The second-order valence-electron chi connectivity index (χ2n) is 2.49. The van der Waals surface area contributed by atoms with E-state index in [4.69, 9.17) is 5.73 Å². The summed E-state index contributed by atoms with van der Waals surface area (Å²) in [7, 11) is 0. The van der Waals surface area contributed by atoms with E-state index in [1.807, 2.05) is 0 Å². The monoisotopic (exact) mass is 194 g/mol. The Hall–Kier alpha value is -1.33. The SMILES string of the molecule is NC1=CC(OCC(F)(F)F)=CCN1. The molecule has 0 atom stereocenters. The van der Waals surface area contributed by atoms with Crippen molar-refractivity contribution in [3.05, 3.63) is 23.7 Å². The van der Waals surface area contributed by atoms with Crippen LogP contribution in [0.1, 0.15) is 0 Å². The van der Waals surface area contributed by atoms with Crippen LogP contribution >= 0.6 is 0 Å². The van der Waals surface area contributed by atoms with Crippen LogP contribution in [0, 0.1) is 0 Å². The van der Waals surface area contributed by atoms with Crippen molar-refractivity contribution in [2.45, 2.75) is 6.18 Å². The number of nitrogens with one attached hydrogen (secondary N) is 1. The highest BCUT2D eigenvalue weighted by Gasteiger charge is 2.28. The molecule has 1 aliphatic heterocycles. The molecule has 0 amide bonds. The van der Waals surface area contributed by atoms with Crippen LogP contribution in [0.25, 0.3) is 0 Å². The molecule has 0 bridgehead atoms. The average molecular weight is 194 g/mol. The van der Waals surface area contributed by atoms with Crippen molar-refractivity contribution in [2.75, 3.05) is 13.2 Å². The zero-order valence-corrected chi connectivity index (χ0v) is 6.69. The van der Waals surface area contributed by atoms with Gasteiger partial charge in [-0.3, -0.25) is 0 Å². The standard InChI is InChI=1S/C7H9F3N2O/c8-7(9,10)4-13-5-1-2-12-6(11)3-5/h1,3,12H,2,4,11H2. The van der Waals surface area contributed by atoms with Crippen molar-refractivity contribution in [1.29, 1.82) is 0 Å². The van der Waals surface area contributed by atoms with Gasteiger partial charge in [-0.25, -0.2) is 0 Å². The van der Waals surface area contributed by atoms with Crippen LogP contribution in [-0.2, 0) is 4.74 Å². The molecule has 0 aliphatic carbocycles. The van der Waals surface area contributed by atoms with Crippen LogP contribution in [0.5, 0.6) is 0 Å². The smallest absolute Gasteiger partial charge is 0.422 e. The molecule has 0 aromatic carbocycles. The highest BCUT2D eigenvalue weighted by Crippen LogP contribution is 2.17. The lowest BCUT2D eigenvalue weighted by Gasteiger charge is -2.14. The Morgan fingerprint density at radius 3 is 2.77 bits per heavy atom. The van der Waals surface area contributed by atoms with Gasteiger partial charge in [0.2, 0.25) is 0 Å². The van der Waals surface area contributed by atoms with Gasteiger partial charge in [-0.2, -0.15) is 13.2 Å². The highest BCUT2D eigenvalue weighted by atomic mass is 19.4. The third-order valence-corrected chi connectivity index (χ3v) is 1.31. The molecular weight excluding hydrogens is 185 g/mol. The van der Waals surface area contributed by atoms with E-state index in [9.17, 15) is 13.2 Å². The van der Waals surface area contributed by atoms with Crippen LogP contribution in [0.15, 0.2) is 23.7 Å². The molecule has 0 saturated carbocycles. The van der Waals surface area contributed by atoms with Gasteiger partial charge in [0.1, 0.15) is 5.76 Å². The number of rotatable bonds is 2. The lowest BCUT2D eigenvalue weighted by Crippen LogP contribution is -2.25. The molecule has 0 radical (unpaired) electrons. The summed E-state index contributed by atoms with van der Waals surface area (Å²) < 4.78 is 39.5. The fourth-order valence-corrected chi connectivity index (χ4v) is 0.798. The van der Waals surface area contributed by atoms with Crippen molar-refractivity contribution in [2.24, 2.45) is 5.73 Å². The second-order valence-corrected chi connectivity index (χ2v) is 2.49. The van der Waals surface area contributed by atoms with Crippen LogP contribution in [0.2, 0.25) is 0 Å². The molecule has 13 heavy (non-hydrogen) atoms. The Kier molecular flexibility index (Phi) is 2.69. The number of allylic oxidation sites excluding steroid dienone is 1. The van der Waals surface area contributed by atoms with Crippen molar-refractivity contribution in [3.63, 3.8) is 0 Å². The molecule has 0 aromatic heterocycles. The first-order chi connectivity index (χ1) is 5.97. The number of ether oxygens (including phenoxy) is 1. The lowest BCUT2D eigenvalue weighted by molar-refractivity contribution is -0.163. The fraction of sp³-hybridized carbons (Fsp3) is 0.429. The Labute approximate surface area is 73.0 Å². The van der Waals surface area contributed by atoms with E-state index >= 15 is 0 Å². The molecule has 1 rings (SSSR count). The van der Waals surface area contributed by atoms with Gasteiger partial charge >= 0.3 is 6.18 Å². The summed E-state index contributed by atoms with van der Waals surface area (Å²) in [6.07, 6.45) is -1.51. The minimum Gasteiger partial charge on any atom is -0.484 e. The summed E-state index contributed by atoms with van der Waals surface area (Å²) in [4.78, 5) is 0. The summed E-state index contributed by atoms with van der Waals surface area (Å²) >= 11 is 0. The third kappa shape index (κ3) is 3.73. The topological polar surface area (TPSA) is 47.3 Å². The normalized spacial score (nSPS) is 17.2. The minimum atomic E-state index is -4.31. The Morgan fingerprint density at radius 1 is 1.54 bits per heavy atom. The lowest BCUT2D eigenvalue weighted by atomic mass is 10.3. The molecule has 3 N–H and O–H groups in total. The summed E-state index contributed by atoms with van der Waals surface area (Å²) in [5.41, 5.74) is 5.31. The number of hydrogen-bond acceptors (Lipinski definition) is 3. The van der Waals surface area contributed by atoms with E-state index in [1.165, 1.54) is 12.2 Å². The van der Waals surface area contributed by atoms with E-state index in [0.29, 0.717) is 12.4 Å². The van der Waals surface area contributed by atoms with E-state index in [2.05, 4.69) is 10.1 Å². The first kappa shape index (κ1) is 9.76. The van der Waals surface area contributed by atoms with Crippen LogP contribution in [0.3, 0.4) is 0 Å². The number of hydrogen-bond donors (Lipinski definition) is 2. The largest absolute Gasteiger partial charge is 0.484 e. The highest BCUT2D eigenvalue weighted by molar-refractivity contribution is 5.20.